The number of hydrogen-bond donors (Lipinski definition) is 1. The Bertz CT molecular complexity index is 1400. The number of halogens is 3. The molecule has 0 aliphatic carbocycles. The van der Waals surface area contributed by atoms with Crippen LogP contribution in [0.4, 0.5) is 18.9 Å². The average Bonchev–Trinajstić information content (AvgIpc) is 3.58. The molecule has 1 N–H and O–H groups in total. The van der Waals surface area contributed by atoms with E-state index in [1.165, 1.54) is 6.07 Å². The molecule has 2 aliphatic rings. The van der Waals surface area contributed by atoms with Crippen LogP contribution in [0.5, 0.6) is 0 Å². The molecule has 10 heteroatoms. The largest absolute Gasteiger partial charge is 0.416 e. The number of rotatable bonds is 6. The smallest absolute Gasteiger partial charge is 0.370 e. The van der Waals surface area contributed by atoms with E-state index in [1.54, 1.807) is 6.20 Å². The number of carbonyl (C=O) groups excluding carboxylic acids is 1. The number of nitrogens with zero attached hydrogens (tertiary/aromatic N) is 5. The van der Waals surface area contributed by atoms with E-state index in [0.29, 0.717) is 44.2 Å². The Kier molecular flexibility index (Phi) is 7.60. The Morgan fingerprint density at radius 2 is 1.93 bits per heavy atom. The number of hydrogen-bond acceptors (Lipinski definition) is 5. The van der Waals surface area contributed by atoms with Gasteiger partial charge < -0.3 is 19.7 Å². The second-order valence-corrected chi connectivity index (χ2v) is 10.8. The lowest BCUT2D eigenvalue weighted by Crippen LogP contribution is -2.53. The van der Waals surface area contributed by atoms with Crippen LogP contribution in [0.3, 0.4) is 0 Å². The first kappa shape index (κ1) is 27.7. The van der Waals surface area contributed by atoms with E-state index in [4.69, 9.17) is 4.98 Å². The first-order chi connectivity index (χ1) is 19.1. The van der Waals surface area contributed by atoms with Gasteiger partial charge in [0.15, 0.2) is 0 Å². The van der Waals surface area contributed by atoms with Gasteiger partial charge in [-0.2, -0.15) is 18.4 Å². The summed E-state index contributed by atoms with van der Waals surface area (Å²) in [6.07, 6.45) is 2.23. The lowest BCUT2D eigenvalue weighted by atomic mass is 9.72. The maximum atomic E-state index is 13.9. The first-order valence-corrected chi connectivity index (χ1v) is 13.6. The number of aryl methyl sites for hydroxylation is 1. The van der Waals surface area contributed by atoms with E-state index in [9.17, 15) is 23.2 Å². The summed E-state index contributed by atoms with van der Waals surface area (Å²) in [6, 6.07) is 13.3. The van der Waals surface area contributed by atoms with Crippen LogP contribution in [-0.2, 0) is 23.4 Å². The third-order valence-corrected chi connectivity index (χ3v) is 8.53. The lowest BCUT2D eigenvalue weighted by Gasteiger charge is -2.42. The van der Waals surface area contributed by atoms with E-state index < -0.39 is 17.2 Å². The molecule has 1 amide bonds. The number of nitrogens with one attached hydrogen (secondary N) is 1. The zero-order chi connectivity index (χ0) is 28.5. The minimum atomic E-state index is -4.52. The molecule has 210 valence electrons. The van der Waals surface area contributed by atoms with Crippen molar-refractivity contribution in [3.05, 3.63) is 71.5 Å². The molecule has 0 spiro atoms. The zero-order valence-electron chi connectivity index (χ0n) is 22.7. The van der Waals surface area contributed by atoms with E-state index in [0.717, 1.165) is 48.5 Å². The number of piperidine rings is 1. The number of alkyl halides is 3. The monoisotopic (exact) mass is 550 g/mol. The van der Waals surface area contributed by atoms with Gasteiger partial charge in [0.25, 0.3) is 0 Å². The van der Waals surface area contributed by atoms with Gasteiger partial charge in [0, 0.05) is 45.1 Å². The average molecular weight is 551 g/mol. The molecule has 5 rings (SSSR count). The summed E-state index contributed by atoms with van der Waals surface area (Å²) < 4.78 is 41.7. The number of carbonyl (C=O) groups is 1. The van der Waals surface area contributed by atoms with E-state index in [1.807, 2.05) is 53.0 Å². The number of nitriles is 1. The van der Waals surface area contributed by atoms with Gasteiger partial charge in [-0.25, -0.2) is 0 Å². The number of likely N-dealkylation sites (tertiary alicyclic amines) is 1. The number of pyridine rings is 1. The minimum Gasteiger partial charge on any atom is -0.370 e. The maximum absolute atomic E-state index is 13.9. The summed E-state index contributed by atoms with van der Waals surface area (Å²) in [5.41, 5.74) is 1.33. The normalized spacial score (nSPS) is 19.4. The molecule has 4 heterocycles. The van der Waals surface area contributed by atoms with E-state index in [2.05, 4.69) is 17.3 Å². The molecule has 2 aliphatic heterocycles. The number of amides is 1. The minimum absolute atomic E-state index is 0.0235. The second-order valence-electron chi connectivity index (χ2n) is 10.8. The van der Waals surface area contributed by atoms with Crippen LogP contribution < -0.4 is 10.2 Å². The molecule has 0 unspecified atom stereocenters. The van der Waals surface area contributed by atoms with Crippen LogP contribution in [0.2, 0.25) is 0 Å². The van der Waals surface area contributed by atoms with Gasteiger partial charge in [-0.05, 0) is 81.2 Å². The van der Waals surface area contributed by atoms with Crippen LogP contribution in [0.25, 0.3) is 11.4 Å². The number of benzene rings is 1. The van der Waals surface area contributed by atoms with Crippen molar-refractivity contribution in [1.82, 2.24) is 19.8 Å². The summed E-state index contributed by atoms with van der Waals surface area (Å²) in [7, 11) is 4.02. The van der Waals surface area contributed by atoms with Gasteiger partial charge in [0.2, 0.25) is 5.91 Å². The summed E-state index contributed by atoms with van der Waals surface area (Å²) >= 11 is 0. The van der Waals surface area contributed by atoms with Crippen LogP contribution in [-0.4, -0.2) is 59.6 Å². The first-order valence-electron chi connectivity index (χ1n) is 13.6. The highest BCUT2D eigenvalue weighted by Crippen LogP contribution is 2.39. The van der Waals surface area contributed by atoms with Gasteiger partial charge >= 0.3 is 6.18 Å². The summed E-state index contributed by atoms with van der Waals surface area (Å²) in [4.78, 5) is 22.8. The summed E-state index contributed by atoms with van der Waals surface area (Å²) in [5.74, 6) is -0.0613. The third-order valence-electron chi connectivity index (χ3n) is 8.53. The molecular formula is C30H33F3N6O. The predicted molar refractivity (Wildman–Crippen MR) is 147 cm³/mol. The third kappa shape index (κ3) is 5.30. The molecule has 7 nitrogen and oxygen atoms in total. The maximum Gasteiger partial charge on any atom is 0.416 e. The van der Waals surface area contributed by atoms with Crippen molar-refractivity contribution in [2.75, 3.05) is 38.1 Å². The highest BCUT2D eigenvalue weighted by atomic mass is 19.4. The standard InChI is InChI=1S/C30H33F3N6O/c1-37-13-3-5-24(37)20-36-28(40)29(23-7-9-25(35-19-23)27-6-4-14-38(27)2)11-15-39(16-12-29)26-10-8-22(30(31,32)33)17-21(26)18-34/h4,6-10,14,17,19,24H,3,5,11-13,15-16,20H2,1-2H3,(H,36,40)/t24-/m0/s1. The number of likely N-dealkylation sites (N-methyl/N-ethyl adjacent to an activating group) is 1. The molecule has 0 bridgehead atoms. The van der Waals surface area contributed by atoms with Crippen LogP contribution in [0.15, 0.2) is 54.9 Å². The van der Waals surface area contributed by atoms with E-state index in [-0.39, 0.29) is 11.5 Å². The topological polar surface area (TPSA) is 77.2 Å². The molecule has 0 radical (unpaired) electrons. The van der Waals surface area contributed by atoms with Crippen molar-refractivity contribution in [3.63, 3.8) is 0 Å². The van der Waals surface area contributed by atoms with Crippen LogP contribution >= 0.6 is 0 Å². The van der Waals surface area contributed by atoms with Gasteiger partial charge in [-0.3, -0.25) is 9.78 Å². The molecule has 1 aromatic carbocycles. The van der Waals surface area contributed by atoms with Crippen molar-refractivity contribution in [2.45, 2.75) is 43.3 Å². The highest BCUT2D eigenvalue weighted by molar-refractivity contribution is 5.89. The number of anilines is 1. The van der Waals surface area contributed by atoms with Crippen LogP contribution in [0, 0.1) is 11.3 Å². The van der Waals surface area contributed by atoms with Crippen LogP contribution in [0.1, 0.15) is 42.4 Å². The lowest BCUT2D eigenvalue weighted by molar-refractivity contribution is -0.137. The molecule has 40 heavy (non-hydrogen) atoms. The fraction of sp³-hybridized carbons (Fsp3) is 0.433. The Morgan fingerprint density at radius 3 is 2.50 bits per heavy atom. The molecular weight excluding hydrogens is 517 g/mol. The predicted octanol–water partition coefficient (Wildman–Crippen LogP) is 4.73. The van der Waals surface area contributed by atoms with Crippen molar-refractivity contribution in [1.29, 1.82) is 5.26 Å². The van der Waals surface area contributed by atoms with E-state index >= 15 is 0 Å². The molecule has 0 saturated carbocycles. The van der Waals surface area contributed by atoms with Gasteiger partial charge in [-0.15, -0.1) is 0 Å². The molecule has 3 aromatic rings. The highest BCUT2D eigenvalue weighted by Gasteiger charge is 2.44. The Morgan fingerprint density at radius 1 is 1.15 bits per heavy atom. The van der Waals surface area contributed by atoms with Gasteiger partial charge in [-0.1, -0.05) is 6.07 Å². The quantitative estimate of drug-likeness (QED) is 0.481. The molecule has 1 atom stereocenters. The van der Waals surface area contributed by atoms with Crippen molar-refractivity contribution in [2.24, 2.45) is 7.05 Å². The fourth-order valence-electron chi connectivity index (χ4n) is 6.03. The molecule has 2 fully saturated rings. The summed E-state index contributed by atoms with van der Waals surface area (Å²) in [6.45, 7) is 2.40. The van der Waals surface area contributed by atoms with Gasteiger partial charge in [0.05, 0.1) is 33.6 Å². The SMILES string of the molecule is CN1CCC[C@H]1CNC(=O)C1(c2ccc(-c3cccn3C)nc2)CCN(c2ccc(C(F)(F)F)cc2C#N)CC1. The molecule has 2 saturated heterocycles. The zero-order valence-corrected chi connectivity index (χ0v) is 22.7. The van der Waals surface area contributed by atoms with Crippen molar-refractivity contribution in [3.8, 4) is 17.5 Å². The Labute approximate surface area is 232 Å². The Hall–Kier alpha value is -3.84. The second kappa shape index (κ2) is 11.0. The van der Waals surface area contributed by atoms with Crippen molar-refractivity contribution >= 4 is 11.6 Å². The fourth-order valence-corrected chi connectivity index (χ4v) is 6.03. The Balaban J connectivity index is 1.41. The summed E-state index contributed by atoms with van der Waals surface area (Å²) in [5, 5.41) is 12.8. The van der Waals surface area contributed by atoms with Gasteiger partial charge in [0.1, 0.15) is 6.07 Å². The van der Waals surface area contributed by atoms with Crippen molar-refractivity contribution < 1.29 is 18.0 Å². The molecule has 2 aromatic heterocycles. The number of aromatic nitrogens is 2.